The van der Waals surface area contributed by atoms with Crippen LogP contribution in [0.4, 0.5) is 11.6 Å². The molecule has 0 unspecified atom stereocenters. The van der Waals surface area contributed by atoms with E-state index in [0.29, 0.717) is 16.7 Å². The van der Waals surface area contributed by atoms with Crippen molar-refractivity contribution >= 4 is 38.0 Å². The van der Waals surface area contributed by atoms with E-state index in [-0.39, 0.29) is 22.4 Å². The van der Waals surface area contributed by atoms with E-state index in [2.05, 4.69) is 25.4 Å². The maximum absolute atomic E-state index is 12.3. The fourth-order valence-electron chi connectivity index (χ4n) is 3.39. The van der Waals surface area contributed by atoms with E-state index in [9.17, 15) is 13.2 Å². The monoisotopic (exact) mass is 444 g/mol. The van der Waals surface area contributed by atoms with Crippen molar-refractivity contribution in [1.82, 2.24) is 24.6 Å². The number of hydrogen-bond donors (Lipinski definition) is 1. The molecule has 0 amide bonds. The molecule has 9 nitrogen and oxygen atoms in total. The number of rotatable bonds is 4. The molecule has 2 aromatic carbocycles. The number of anilines is 2. The Morgan fingerprint density at radius 2 is 1.66 bits per heavy atom. The first kappa shape index (κ1) is 19.8. The SMILES string of the molecule is CS(=O)(=O)c1ccccc1-c1nc2c3ccccc3nc(Nc3ccccnc3=O)n2n1. The standard InChI is InChI=1S/C22H16N6O3S/c1-32(30,31)18-12-5-3-9-15(18)19-26-20-14-8-2-4-10-16(14)24-22(28(20)27-19)25-17-11-6-7-13-23-21(17)29/h2-13H,1H3,(H,23,24,25,29). The molecule has 5 aromatic rings. The molecule has 0 fully saturated rings. The molecule has 0 bridgehead atoms. The number of benzene rings is 2. The summed E-state index contributed by atoms with van der Waals surface area (Å²) >= 11 is 0. The van der Waals surface area contributed by atoms with Crippen LogP contribution >= 0.6 is 0 Å². The molecule has 0 aliphatic heterocycles. The van der Waals surface area contributed by atoms with Gasteiger partial charge in [0.25, 0.3) is 5.56 Å². The molecule has 5 rings (SSSR count). The molecule has 0 radical (unpaired) electrons. The fraction of sp³-hybridized carbons (Fsp3) is 0.0455. The zero-order valence-corrected chi connectivity index (χ0v) is 17.6. The molecule has 3 heterocycles. The highest BCUT2D eigenvalue weighted by Crippen LogP contribution is 2.28. The average Bonchev–Trinajstić information content (AvgIpc) is 3.13. The van der Waals surface area contributed by atoms with Gasteiger partial charge in [-0.25, -0.2) is 23.4 Å². The summed E-state index contributed by atoms with van der Waals surface area (Å²) in [5, 5.41) is 8.26. The molecule has 0 atom stereocenters. The third-order valence-corrected chi connectivity index (χ3v) is 5.99. The molecular formula is C22H16N6O3S. The first-order chi connectivity index (χ1) is 15.4. The first-order valence-corrected chi connectivity index (χ1v) is 11.5. The average molecular weight is 444 g/mol. The zero-order valence-electron chi connectivity index (χ0n) is 16.8. The largest absolute Gasteiger partial charge is 0.319 e. The van der Waals surface area contributed by atoms with Gasteiger partial charge in [0.2, 0.25) is 5.95 Å². The molecule has 0 spiro atoms. The highest BCUT2D eigenvalue weighted by Gasteiger charge is 2.20. The van der Waals surface area contributed by atoms with Crippen LogP contribution in [0.5, 0.6) is 0 Å². The van der Waals surface area contributed by atoms with Crippen molar-refractivity contribution in [3.05, 3.63) is 83.3 Å². The Labute approximate surface area is 182 Å². The summed E-state index contributed by atoms with van der Waals surface area (Å²) in [5.74, 6) is 0.478. The Kier molecular flexibility index (Phi) is 4.63. The van der Waals surface area contributed by atoms with Crippen molar-refractivity contribution in [3.8, 4) is 11.4 Å². The van der Waals surface area contributed by atoms with Gasteiger partial charge in [0.05, 0.1) is 10.4 Å². The van der Waals surface area contributed by atoms with Gasteiger partial charge in [0.1, 0.15) is 5.69 Å². The zero-order chi connectivity index (χ0) is 22.3. The van der Waals surface area contributed by atoms with Gasteiger partial charge < -0.3 is 5.32 Å². The van der Waals surface area contributed by atoms with Crippen molar-refractivity contribution in [2.45, 2.75) is 4.90 Å². The maximum Gasteiger partial charge on any atom is 0.293 e. The molecule has 0 saturated heterocycles. The molecule has 3 aromatic heterocycles. The van der Waals surface area contributed by atoms with Gasteiger partial charge in [-0.15, -0.1) is 5.10 Å². The van der Waals surface area contributed by atoms with E-state index in [1.807, 2.05) is 24.3 Å². The molecule has 0 aliphatic carbocycles. The number of fused-ring (bicyclic) bond motifs is 3. The minimum Gasteiger partial charge on any atom is -0.319 e. The van der Waals surface area contributed by atoms with Crippen molar-refractivity contribution in [2.24, 2.45) is 0 Å². The Morgan fingerprint density at radius 1 is 0.906 bits per heavy atom. The molecule has 1 N–H and O–H groups in total. The maximum atomic E-state index is 12.3. The molecule has 0 aliphatic rings. The fourth-order valence-corrected chi connectivity index (χ4v) is 4.28. The summed E-state index contributed by atoms with van der Waals surface area (Å²) in [7, 11) is -3.50. The third kappa shape index (κ3) is 3.46. The number of aromatic nitrogens is 5. The smallest absolute Gasteiger partial charge is 0.293 e. The summed E-state index contributed by atoms with van der Waals surface area (Å²) < 4.78 is 26.1. The minimum atomic E-state index is -3.50. The highest BCUT2D eigenvalue weighted by atomic mass is 32.2. The second-order valence-corrected chi connectivity index (χ2v) is 9.05. The van der Waals surface area contributed by atoms with Crippen molar-refractivity contribution < 1.29 is 8.42 Å². The summed E-state index contributed by atoms with van der Waals surface area (Å²) in [5.41, 5.74) is 1.25. The quantitative estimate of drug-likeness (QED) is 0.449. The van der Waals surface area contributed by atoms with Gasteiger partial charge >= 0.3 is 0 Å². The number of sulfone groups is 1. The minimum absolute atomic E-state index is 0.129. The lowest BCUT2D eigenvalue weighted by molar-refractivity contribution is 0.602. The first-order valence-electron chi connectivity index (χ1n) is 9.59. The van der Waals surface area contributed by atoms with Crippen LogP contribution < -0.4 is 10.9 Å². The van der Waals surface area contributed by atoms with Crippen LogP contribution in [-0.2, 0) is 9.84 Å². The predicted octanol–water partition coefficient (Wildman–Crippen LogP) is 2.85. The Morgan fingerprint density at radius 3 is 2.50 bits per heavy atom. The van der Waals surface area contributed by atoms with E-state index in [4.69, 9.17) is 0 Å². The van der Waals surface area contributed by atoms with E-state index in [1.54, 1.807) is 36.4 Å². The van der Waals surface area contributed by atoms with Crippen LogP contribution in [0.2, 0.25) is 0 Å². The lowest BCUT2D eigenvalue weighted by Crippen LogP contribution is -2.11. The van der Waals surface area contributed by atoms with Crippen molar-refractivity contribution in [2.75, 3.05) is 11.6 Å². The lowest BCUT2D eigenvalue weighted by Gasteiger charge is -2.07. The van der Waals surface area contributed by atoms with E-state index < -0.39 is 15.4 Å². The molecule has 158 valence electrons. The molecule has 32 heavy (non-hydrogen) atoms. The predicted molar refractivity (Wildman–Crippen MR) is 121 cm³/mol. The third-order valence-electron chi connectivity index (χ3n) is 4.84. The topological polar surface area (TPSA) is 119 Å². The van der Waals surface area contributed by atoms with Crippen LogP contribution in [0.25, 0.3) is 27.9 Å². The van der Waals surface area contributed by atoms with Gasteiger partial charge in [-0.1, -0.05) is 30.3 Å². The number of para-hydroxylation sites is 1. The van der Waals surface area contributed by atoms with Crippen LogP contribution in [0.1, 0.15) is 0 Å². The number of hydrogen-bond acceptors (Lipinski definition) is 8. The summed E-state index contributed by atoms with van der Waals surface area (Å²) in [6.45, 7) is 0. The summed E-state index contributed by atoms with van der Waals surface area (Å²) in [6.07, 6.45) is 2.55. The Balaban J connectivity index is 1.79. The van der Waals surface area contributed by atoms with Crippen molar-refractivity contribution in [1.29, 1.82) is 0 Å². The van der Waals surface area contributed by atoms with E-state index in [0.717, 1.165) is 11.6 Å². The van der Waals surface area contributed by atoms with Crippen LogP contribution in [0.3, 0.4) is 0 Å². The van der Waals surface area contributed by atoms with Gasteiger partial charge in [-0.3, -0.25) is 4.79 Å². The van der Waals surface area contributed by atoms with Crippen LogP contribution in [-0.4, -0.2) is 39.2 Å². The Hall–Kier alpha value is -4.18. The second-order valence-electron chi connectivity index (χ2n) is 7.07. The van der Waals surface area contributed by atoms with Gasteiger partial charge in [0.15, 0.2) is 21.3 Å². The highest BCUT2D eigenvalue weighted by molar-refractivity contribution is 7.90. The van der Waals surface area contributed by atoms with Crippen LogP contribution in [0, 0.1) is 0 Å². The second kappa shape index (κ2) is 7.50. The summed E-state index contributed by atoms with van der Waals surface area (Å²) in [6, 6.07) is 18.8. The van der Waals surface area contributed by atoms with Crippen LogP contribution in [0.15, 0.2) is 82.6 Å². The number of nitrogens with one attached hydrogen (secondary N) is 1. The molecule has 10 heteroatoms. The Bertz CT molecular complexity index is 1660. The van der Waals surface area contributed by atoms with Gasteiger partial charge in [-0.05, 0) is 36.4 Å². The van der Waals surface area contributed by atoms with Gasteiger partial charge in [0, 0.05) is 23.4 Å². The normalized spacial score (nSPS) is 11.7. The number of nitrogens with zero attached hydrogens (tertiary/aromatic N) is 5. The summed E-state index contributed by atoms with van der Waals surface area (Å²) in [4.78, 5) is 25.5. The van der Waals surface area contributed by atoms with Gasteiger partial charge in [-0.2, -0.15) is 4.52 Å². The van der Waals surface area contributed by atoms with Crippen molar-refractivity contribution in [3.63, 3.8) is 0 Å². The van der Waals surface area contributed by atoms with E-state index in [1.165, 1.54) is 16.8 Å². The molecule has 0 saturated carbocycles. The van der Waals surface area contributed by atoms with E-state index >= 15 is 0 Å². The molecular weight excluding hydrogens is 428 g/mol. The lowest BCUT2D eigenvalue weighted by atomic mass is 10.2.